The van der Waals surface area contributed by atoms with Gasteiger partial charge in [-0.3, -0.25) is 9.78 Å². The first kappa shape index (κ1) is 24.0. The Morgan fingerprint density at radius 1 is 1.03 bits per heavy atom. The number of benzene rings is 2. The summed E-state index contributed by atoms with van der Waals surface area (Å²) in [6.07, 6.45) is 7.60. The summed E-state index contributed by atoms with van der Waals surface area (Å²) >= 11 is 0. The highest BCUT2D eigenvalue weighted by atomic mass is 16.5. The molecule has 0 saturated carbocycles. The molecule has 0 aliphatic carbocycles. The highest BCUT2D eigenvalue weighted by molar-refractivity contribution is 5.83. The van der Waals surface area contributed by atoms with Crippen molar-refractivity contribution in [1.29, 1.82) is 0 Å². The van der Waals surface area contributed by atoms with E-state index < -0.39 is 0 Å². The third-order valence-corrected chi connectivity index (χ3v) is 7.89. The average Bonchev–Trinajstić information content (AvgIpc) is 3.14. The maximum Gasteiger partial charge on any atom is 0.228 e. The van der Waals surface area contributed by atoms with Crippen LogP contribution < -0.4 is 0 Å². The van der Waals surface area contributed by atoms with Crippen LogP contribution in [0, 0.1) is 11.3 Å². The van der Waals surface area contributed by atoms with Crippen molar-refractivity contribution in [2.45, 2.75) is 32.6 Å². The minimum absolute atomic E-state index is 0.270. The van der Waals surface area contributed by atoms with Crippen molar-refractivity contribution in [3.8, 4) is 0 Å². The van der Waals surface area contributed by atoms with Crippen LogP contribution in [-0.2, 0) is 22.4 Å². The molecule has 1 atom stereocenters. The first-order valence-electron chi connectivity index (χ1n) is 13.1. The zero-order valence-corrected chi connectivity index (χ0v) is 20.9. The molecular weight excluding hydrogens is 434 g/mol. The molecule has 2 aliphatic rings. The number of nitrogens with zero attached hydrogens (tertiary/aromatic N) is 3. The minimum atomic E-state index is -0.270. The number of ether oxygens (including phenoxy) is 1. The van der Waals surface area contributed by atoms with Gasteiger partial charge >= 0.3 is 0 Å². The van der Waals surface area contributed by atoms with Crippen molar-refractivity contribution in [2.24, 2.45) is 11.3 Å². The number of piperidine rings is 1. The second-order valence-corrected chi connectivity index (χ2v) is 10.6. The van der Waals surface area contributed by atoms with E-state index >= 15 is 0 Å². The summed E-state index contributed by atoms with van der Waals surface area (Å²) in [5.41, 5.74) is 2.41. The molecule has 35 heavy (non-hydrogen) atoms. The number of aromatic nitrogens is 1. The summed E-state index contributed by atoms with van der Waals surface area (Å²) in [6.45, 7) is 8.06. The standard InChI is InChI=1S/C30H37N3O2/c1-30(11-15-32(16-12-30)14-10-24-5-3-2-4-6-24)29(34)33-17-18-35-23-26(22-33)19-25-7-8-28-21-31-13-9-27(28)20-25/h2-9,13,20-21,26H,10-12,14-19,22-23H2,1H3/t26-/m0/s1. The number of carbonyl (C=O) groups is 1. The van der Waals surface area contributed by atoms with Gasteiger partial charge in [-0.05, 0) is 61.4 Å². The molecule has 184 valence electrons. The van der Waals surface area contributed by atoms with Gasteiger partial charge in [-0.2, -0.15) is 0 Å². The Morgan fingerprint density at radius 2 is 1.86 bits per heavy atom. The lowest BCUT2D eigenvalue weighted by Crippen LogP contribution is -2.50. The molecule has 3 heterocycles. The first-order chi connectivity index (χ1) is 17.1. The number of likely N-dealkylation sites (tertiary alicyclic amines) is 1. The van der Waals surface area contributed by atoms with Gasteiger partial charge in [0.2, 0.25) is 5.91 Å². The fourth-order valence-electron chi connectivity index (χ4n) is 5.58. The summed E-state index contributed by atoms with van der Waals surface area (Å²) in [5, 5.41) is 2.37. The van der Waals surface area contributed by atoms with E-state index in [0.29, 0.717) is 31.6 Å². The van der Waals surface area contributed by atoms with Gasteiger partial charge in [0, 0.05) is 48.7 Å². The lowest BCUT2D eigenvalue weighted by Gasteiger charge is -2.41. The van der Waals surface area contributed by atoms with Gasteiger partial charge in [0.15, 0.2) is 0 Å². The van der Waals surface area contributed by atoms with E-state index in [4.69, 9.17) is 4.74 Å². The van der Waals surface area contributed by atoms with Crippen LogP contribution in [-0.4, -0.2) is 66.6 Å². The number of hydrogen-bond acceptors (Lipinski definition) is 4. The topological polar surface area (TPSA) is 45.7 Å². The Balaban J connectivity index is 1.17. The summed E-state index contributed by atoms with van der Waals surface area (Å²) in [7, 11) is 0. The first-order valence-corrected chi connectivity index (χ1v) is 13.1. The third-order valence-electron chi connectivity index (χ3n) is 7.89. The Hall–Kier alpha value is -2.76. The van der Waals surface area contributed by atoms with E-state index in [9.17, 15) is 4.79 Å². The molecule has 5 rings (SSSR count). The molecule has 1 amide bonds. The van der Waals surface area contributed by atoms with E-state index in [1.807, 2.05) is 12.4 Å². The molecule has 0 bridgehead atoms. The molecule has 2 aromatic carbocycles. The maximum atomic E-state index is 13.7. The van der Waals surface area contributed by atoms with Crippen molar-refractivity contribution >= 4 is 16.7 Å². The quantitative estimate of drug-likeness (QED) is 0.527. The van der Waals surface area contributed by atoms with Crippen molar-refractivity contribution < 1.29 is 9.53 Å². The summed E-state index contributed by atoms with van der Waals surface area (Å²) in [4.78, 5) is 22.6. The zero-order chi connectivity index (χ0) is 24.1. The number of pyridine rings is 1. The number of fused-ring (bicyclic) bond motifs is 1. The van der Waals surface area contributed by atoms with E-state index in [1.165, 1.54) is 16.5 Å². The van der Waals surface area contributed by atoms with Gasteiger partial charge in [-0.25, -0.2) is 0 Å². The fraction of sp³-hybridized carbons (Fsp3) is 0.467. The molecule has 3 aromatic rings. The van der Waals surface area contributed by atoms with Crippen LogP contribution in [0.15, 0.2) is 67.0 Å². The molecule has 2 fully saturated rings. The highest BCUT2D eigenvalue weighted by Crippen LogP contribution is 2.34. The lowest BCUT2D eigenvalue weighted by atomic mass is 9.78. The molecule has 2 aliphatic heterocycles. The van der Waals surface area contributed by atoms with Gasteiger partial charge in [0.05, 0.1) is 13.2 Å². The number of amides is 1. The lowest BCUT2D eigenvalue weighted by molar-refractivity contribution is -0.144. The third kappa shape index (κ3) is 5.91. The highest BCUT2D eigenvalue weighted by Gasteiger charge is 2.40. The molecule has 2 saturated heterocycles. The van der Waals surface area contributed by atoms with Crippen LogP contribution in [0.3, 0.4) is 0 Å². The van der Waals surface area contributed by atoms with Gasteiger partial charge in [0.1, 0.15) is 0 Å². The number of carbonyl (C=O) groups excluding carboxylic acids is 1. The molecule has 0 radical (unpaired) electrons. The largest absolute Gasteiger partial charge is 0.379 e. The van der Waals surface area contributed by atoms with Crippen molar-refractivity contribution in [3.63, 3.8) is 0 Å². The SMILES string of the molecule is CC1(C(=O)N2CCOC[C@@H](Cc3ccc4cnccc4c3)C2)CCN(CCc2ccccc2)CC1. The monoisotopic (exact) mass is 471 g/mol. The molecule has 0 spiro atoms. The van der Waals surface area contributed by atoms with Crippen LogP contribution in [0.2, 0.25) is 0 Å². The van der Waals surface area contributed by atoms with E-state index in [-0.39, 0.29) is 5.41 Å². The zero-order valence-electron chi connectivity index (χ0n) is 20.9. The predicted molar refractivity (Wildman–Crippen MR) is 140 cm³/mol. The molecule has 0 unspecified atom stereocenters. The van der Waals surface area contributed by atoms with Crippen LogP contribution in [0.4, 0.5) is 0 Å². The second kappa shape index (κ2) is 10.9. The van der Waals surface area contributed by atoms with Crippen molar-refractivity contribution in [1.82, 2.24) is 14.8 Å². The number of hydrogen-bond donors (Lipinski definition) is 0. The summed E-state index contributed by atoms with van der Waals surface area (Å²) in [6, 6.07) is 19.3. The Labute approximate surface area is 209 Å². The smallest absolute Gasteiger partial charge is 0.228 e. The van der Waals surface area contributed by atoms with E-state index in [0.717, 1.165) is 57.2 Å². The fourth-order valence-corrected chi connectivity index (χ4v) is 5.58. The van der Waals surface area contributed by atoms with Gasteiger partial charge < -0.3 is 14.5 Å². The van der Waals surface area contributed by atoms with Gasteiger partial charge in [-0.15, -0.1) is 0 Å². The van der Waals surface area contributed by atoms with Gasteiger partial charge in [0.25, 0.3) is 0 Å². The average molecular weight is 472 g/mol. The normalized spacial score (nSPS) is 21.1. The molecule has 5 nitrogen and oxygen atoms in total. The van der Waals surface area contributed by atoms with Crippen LogP contribution in [0.25, 0.3) is 10.8 Å². The molecule has 0 N–H and O–H groups in total. The predicted octanol–water partition coefficient (Wildman–Crippen LogP) is 4.60. The van der Waals surface area contributed by atoms with Crippen LogP contribution in [0.5, 0.6) is 0 Å². The number of rotatable bonds is 6. The van der Waals surface area contributed by atoms with Crippen LogP contribution in [0.1, 0.15) is 30.9 Å². The van der Waals surface area contributed by atoms with Crippen LogP contribution >= 0.6 is 0 Å². The minimum Gasteiger partial charge on any atom is -0.379 e. The second-order valence-electron chi connectivity index (χ2n) is 10.6. The molecule has 5 heteroatoms. The van der Waals surface area contributed by atoms with Crippen molar-refractivity contribution in [3.05, 3.63) is 78.1 Å². The Bertz CT molecular complexity index is 1120. The van der Waals surface area contributed by atoms with Crippen molar-refractivity contribution in [2.75, 3.05) is 45.9 Å². The maximum absolute atomic E-state index is 13.7. The molecular formula is C30H37N3O2. The van der Waals surface area contributed by atoms with E-state index in [2.05, 4.69) is 76.3 Å². The summed E-state index contributed by atoms with van der Waals surface area (Å²) < 4.78 is 5.95. The Morgan fingerprint density at radius 3 is 2.69 bits per heavy atom. The molecule has 1 aromatic heterocycles. The Kier molecular flexibility index (Phi) is 7.45. The van der Waals surface area contributed by atoms with Gasteiger partial charge in [-0.1, -0.05) is 55.5 Å². The summed E-state index contributed by atoms with van der Waals surface area (Å²) in [5.74, 6) is 0.635. The van der Waals surface area contributed by atoms with E-state index in [1.54, 1.807) is 0 Å².